The Morgan fingerprint density at radius 3 is 2.48 bits per heavy atom. The van der Waals surface area contributed by atoms with Gasteiger partial charge in [-0.05, 0) is 37.6 Å². The third kappa shape index (κ3) is 3.59. The number of ether oxygens (including phenoxy) is 2. The molecule has 0 unspecified atom stereocenters. The Morgan fingerprint density at radius 1 is 1.11 bits per heavy atom. The molecule has 27 heavy (non-hydrogen) atoms. The van der Waals surface area contributed by atoms with Crippen molar-refractivity contribution in [2.75, 3.05) is 14.2 Å². The SMILES string of the molecule is CCCCn1nc(C)c2c(C(F)F)cc(-c3ccc(OC)c(OC)c3)nc21. The van der Waals surface area contributed by atoms with Crippen LogP contribution in [0.2, 0.25) is 0 Å². The number of hydrogen-bond acceptors (Lipinski definition) is 4. The number of fused-ring (bicyclic) bond motifs is 1. The average molecular weight is 375 g/mol. The van der Waals surface area contributed by atoms with Gasteiger partial charge in [0.25, 0.3) is 6.43 Å². The van der Waals surface area contributed by atoms with E-state index in [0.717, 1.165) is 12.8 Å². The van der Waals surface area contributed by atoms with Gasteiger partial charge in [0.05, 0.1) is 31.0 Å². The normalized spacial score (nSPS) is 11.4. The summed E-state index contributed by atoms with van der Waals surface area (Å²) in [6.45, 7) is 4.46. The van der Waals surface area contributed by atoms with Crippen LogP contribution < -0.4 is 9.47 Å². The predicted molar refractivity (Wildman–Crippen MR) is 101 cm³/mol. The quantitative estimate of drug-likeness (QED) is 0.572. The Labute approximate surface area is 156 Å². The van der Waals surface area contributed by atoms with Crippen LogP contribution in [0.5, 0.6) is 11.5 Å². The van der Waals surface area contributed by atoms with Gasteiger partial charge in [-0.25, -0.2) is 18.4 Å². The minimum absolute atomic E-state index is 0.0509. The fourth-order valence-corrected chi connectivity index (χ4v) is 3.17. The van der Waals surface area contributed by atoms with Gasteiger partial charge < -0.3 is 9.47 Å². The smallest absolute Gasteiger partial charge is 0.264 e. The number of unbranched alkanes of at least 4 members (excludes halogenated alkanes) is 1. The van der Waals surface area contributed by atoms with E-state index in [1.54, 1.807) is 36.9 Å². The number of aromatic nitrogens is 3. The number of halogens is 2. The van der Waals surface area contributed by atoms with Crippen LogP contribution in [0, 0.1) is 6.92 Å². The second-order valence-corrected chi connectivity index (χ2v) is 6.33. The lowest BCUT2D eigenvalue weighted by Crippen LogP contribution is -2.02. The lowest BCUT2D eigenvalue weighted by molar-refractivity contribution is 0.153. The van der Waals surface area contributed by atoms with Crippen LogP contribution in [-0.2, 0) is 6.54 Å². The minimum Gasteiger partial charge on any atom is -0.493 e. The second kappa shape index (κ2) is 7.90. The largest absolute Gasteiger partial charge is 0.493 e. The standard InChI is InChI=1S/C20H23F2N3O2/c1-5-6-9-25-20-18(12(2)24-25)14(19(21)22)11-15(23-20)13-7-8-16(26-3)17(10-13)27-4/h7-8,10-11,19H,5-6,9H2,1-4H3. The molecule has 0 aliphatic carbocycles. The van der Waals surface area contributed by atoms with E-state index >= 15 is 0 Å². The number of alkyl halides is 2. The Hall–Kier alpha value is -2.70. The molecule has 0 aliphatic rings. The summed E-state index contributed by atoms with van der Waals surface area (Å²) in [6.07, 6.45) is -0.725. The molecule has 0 N–H and O–H groups in total. The van der Waals surface area contributed by atoms with E-state index in [1.807, 2.05) is 0 Å². The molecular formula is C20H23F2N3O2. The van der Waals surface area contributed by atoms with Gasteiger partial charge in [-0.1, -0.05) is 13.3 Å². The second-order valence-electron chi connectivity index (χ2n) is 6.33. The first kappa shape index (κ1) is 19.1. The summed E-state index contributed by atoms with van der Waals surface area (Å²) in [5.74, 6) is 1.09. The van der Waals surface area contributed by atoms with Crippen LogP contribution in [0.25, 0.3) is 22.3 Å². The molecule has 0 amide bonds. The van der Waals surface area contributed by atoms with Gasteiger partial charge in [-0.3, -0.25) is 0 Å². The van der Waals surface area contributed by atoms with Crippen LogP contribution in [0.3, 0.4) is 0 Å². The van der Waals surface area contributed by atoms with Crippen molar-refractivity contribution in [3.05, 3.63) is 35.5 Å². The first-order valence-corrected chi connectivity index (χ1v) is 8.88. The third-order valence-corrected chi connectivity index (χ3v) is 4.55. The molecule has 0 saturated carbocycles. The Morgan fingerprint density at radius 2 is 1.85 bits per heavy atom. The van der Waals surface area contributed by atoms with Gasteiger partial charge >= 0.3 is 0 Å². The van der Waals surface area contributed by atoms with Gasteiger partial charge in [0.2, 0.25) is 0 Å². The molecule has 2 heterocycles. The van der Waals surface area contributed by atoms with Crippen LogP contribution in [0.1, 0.15) is 37.4 Å². The van der Waals surface area contributed by atoms with Crippen molar-refractivity contribution in [1.82, 2.24) is 14.8 Å². The molecule has 3 rings (SSSR count). The summed E-state index contributed by atoms with van der Waals surface area (Å²) in [6, 6.07) is 6.70. The van der Waals surface area contributed by atoms with Crippen LogP contribution in [0.4, 0.5) is 8.78 Å². The molecule has 5 nitrogen and oxygen atoms in total. The number of nitrogens with zero attached hydrogens (tertiary/aromatic N) is 3. The van der Waals surface area contributed by atoms with Gasteiger partial charge in [0.15, 0.2) is 17.1 Å². The van der Waals surface area contributed by atoms with Crippen molar-refractivity contribution in [3.63, 3.8) is 0 Å². The highest BCUT2D eigenvalue weighted by molar-refractivity contribution is 5.85. The molecule has 144 valence electrons. The lowest BCUT2D eigenvalue weighted by atomic mass is 10.1. The van der Waals surface area contributed by atoms with E-state index < -0.39 is 6.43 Å². The van der Waals surface area contributed by atoms with Gasteiger partial charge in [-0.2, -0.15) is 5.10 Å². The molecular weight excluding hydrogens is 352 g/mol. The van der Waals surface area contributed by atoms with Gasteiger partial charge in [0.1, 0.15) is 0 Å². The van der Waals surface area contributed by atoms with Gasteiger partial charge in [-0.15, -0.1) is 0 Å². The molecule has 0 aliphatic heterocycles. The van der Waals surface area contributed by atoms with Crippen LogP contribution in [0.15, 0.2) is 24.3 Å². The maximum absolute atomic E-state index is 13.8. The van der Waals surface area contributed by atoms with E-state index in [4.69, 9.17) is 9.47 Å². The molecule has 0 saturated heterocycles. The van der Waals surface area contributed by atoms with Gasteiger partial charge in [0, 0.05) is 17.7 Å². The molecule has 0 radical (unpaired) electrons. The van der Waals surface area contributed by atoms with Crippen molar-refractivity contribution in [3.8, 4) is 22.8 Å². The summed E-state index contributed by atoms with van der Waals surface area (Å²) >= 11 is 0. The fraction of sp³-hybridized carbons (Fsp3) is 0.400. The third-order valence-electron chi connectivity index (χ3n) is 4.55. The molecule has 1 aromatic carbocycles. The Kier molecular flexibility index (Phi) is 5.58. The zero-order valence-electron chi connectivity index (χ0n) is 15.9. The summed E-state index contributed by atoms with van der Waals surface area (Å²) < 4.78 is 39.9. The minimum atomic E-state index is -2.61. The van der Waals surface area contributed by atoms with E-state index in [0.29, 0.717) is 46.0 Å². The van der Waals surface area contributed by atoms with Crippen LogP contribution in [-0.4, -0.2) is 29.0 Å². The lowest BCUT2D eigenvalue weighted by Gasteiger charge is -2.11. The Bertz CT molecular complexity index is 954. The first-order valence-electron chi connectivity index (χ1n) is 8.88. The topological polar surface area (TPSA) is 49.2 Å². The molecule has 7 heteroatoms. The zero-order chi connectivity index (χ0) is 19.6. The van der Waals surface area contributed by atoms with Crippen LogP contribution >= 0.6 is 0 Å². The first-order chi connectivity index (χ1) is 13.0. The fourth-order valence-electron chi connectivity index (χ4n) is 3.17. The molecule has 0 bridgehead atoms. The highest BCUT2D eigenvalue weighted by Gasteiger charge is 2.21. The van der Waals surface area contributed by atoms with Crippen molar-refractivity contribution < 1.29 is 18.3 Å². The summed E-state index contributed by atoms with van der Waals surface area (Å²) in [7, 11) is 3.08. The number of methoxy groups -OCH3 is 2. The number of pyridine rings is 1. The number of rotatable bonds is 7. The summed E-state index contributed by atoms with van der Waals surface area (Å²) in [4.78, 5) is 4.66. The summed E-state index contributed by atoms with van der Waals surface area (Å²) in [5.41, 5.74) is 2.14. The number of benzene rings is 1. The van der Waals surface area contributed by atoms with Crippen molar-refractivity contribution >= 4 is 11.0 Å². The molecule has 0 atom stereocenters. The molecule has 3 aromatic rings. The zero-order valence-corrected chi connectivity index (χ0v) is 15.9. The maximum atomic E-state index is 13.8. The highest BCUT2D eigenvalue weighted by atomic mass is 19.3. The molecule has 0 fully saturated rings. The molecule has 2 aromatic heterocycles. The maximum Gasteiger partial charge on any atom is 0.264 e. The number of aryl methyl sites for hydroxylation is 2. The van der Waals surface area contributed by atoms with Crippen molar-refractivity contribution in [2.24, 2.45) is 0 Å². The number of hydrogen-bond donors (Lipinski definition) is 0. The highest BCUT2D eigenvalue weighted by Crippen LogP contribution is 2.36. The monoisotopic (exact) mass is 375 g/mol. The summed E-state index contributed by atoms with van der Waals surface area (Å²) in [5, 5.41) is 4.88. The van der Waals surface area contributed by atoms with Crippen molar-refractivity contribution in [1.29, 1.82) is 0 Å². The van der Waals surface area contributed by atoms with E-state index in [9.17, 15) is 8.78 Å². The predicted octanol–water partition coefficient (Wildman–Crippen LogP) is 5.16. The molecule has 0 spiro atoms. The van der Waals surface area contributed by atoms with E-state index in [2.05, 4.69) is 17.0 Å². The van der Waals surface area contributed by atoms with E-state index in [1.165, 1.54) is 13.2 Å². The Balaban J connectivity index is 2.21. The van der Waals surface area contributed by atoms with E-state index in [-0.39, 0.29) is 5.56 Å². The average Bonchev–Trinajstić information content (AvgIpc) is 3.00. The van der Waals surface area contributed by atoms with Crippen molar-refractivity contribution in [2.45, 2.75) is 39.7 Å².